The van der Waals surface area contributed by atoms with E-state index < -0.39 is 9.84 Å². The first-order chi connectivity index (χ1) is 6.50. The molecule has 14 heavy (non-hydrogen) atoms. The molecule has 0 fully saturated rings. The molecule has 0 amide bonds. The number of nitrogens with zero attached hydrogens (tertiary/aromatic N) is 1. The van der Waals surface area contributed by atoms with Crippen molar-refractivity contribution in [1.29, 1.82) is 0 Å². The van der Waals surface area contributed by atoms with Gasteiger partial charge in [0.15, 0.2) is 9.84 Å². The molecule has 1 aromatic carbocycles. The lowest BCUT2D eigenvalue weighted by atomic mass is 10.3. The highest BCUT2D eigenvalue weighted by atomic mass is 79.9. The van der Waals surface area contributed by atoms with Gasteiger partial charge in [-0.15, -0.1) is 0 Å². The summed E-state index contributed by atoms with van der Waals surface area (Å²) in [6.07, 6.45) is 0. The predicted molar refractivity (Wildman–Crippen MR) is 59.5 cm³/mol. The first-order valence-corrected chi connectivity index (χ1v) is 6.69. The number of hydrogen-bond donors (Lipinski definition) is 0. The van der Waals surface area contributed by atoms with Gasteiger partial charge in [-0.2, -0.15) is 0 Å². The Hall–Kier alpha value is -0.550. The third-order valence-electron chi connectivity index (χ3n) is 2.36. The van der Waals surface area contributed by atoms with Crippen molar-refractivity contribution >= 4 is 31.5 Å². The topological polar surface area (TPSA) is 37.4 Å². The smallest absolute Gasteiger partial charge is 0.182 e. The molecule has 1 aliphatic heterocycles. The Morgan fingerprint density at radius 2 is 2.14 bits per heavy atom. The van der Waals surface area contributed by atoms with Crippen LogP contribution in [0.25, 0.3) is 0 Å². The van der Waals surface area contributed by atoms with E-state index in [1.165, 1.54) is 0 Å². The van der Waals surface area contributed by atoms with Crippen LogP contribution < -0.4 is 4.90 Å². The minimum absolute atomic E-state index is 0.206. The molecule has 1 aromatic rings. The minimum atomic E-state index is -3.05. The number of fused-ring (bicyclic) bond motifs is 1. The van der Waals surface area contributed by atoms with E-state index in [2.05, 4.69) is 15.9 Å². The fraction of sp³-hybridized carbons (Fsp3) is 0.333. The number of anilines is 1. The predicted octanol–water partition coefficient (Wildman–Crippen LogP) is 1.67. The first kappa shape index (κ1) is 9.98. The SMILES string of the molecule is CN1CCS(=O)(=O)c2ccc(Br)cc21. The van der Waals surface area contributed by atoms with Gasteiger partial charge in [-0.1, -0.05) is 15.9 Å². The van der Waals surface area contributed by atoms with Crippen LogP contribution >= 0.6 is 15.9 Å². The Morgan fingerprint density at radius 1 is 1.43 bits per heavy atom. The highest BCUT2D eigenvalue weighted by Crippen LogP contribution is 2.31. The molecule has 1 aliphatic rings. The molecule has 76 valence electrons. The van der Waals surface area contributed by atoms with Gasteiger partial charge in [0.1, 0.15) is 0 Å². The third-order valence-corrected chi connectivity index (χ3v) is 4.59. The molecular formula is C9H10BrNO2S. The molecule has 2 rings (SSSR count). The van der Waals surface area contributed by atoms with Crippen LogP contribution in [0.15, 0.2) is 27.6 Å². The Kier molecular flexibility index (Phi) is 2.31. The maximum absolute atomic E-state index is 11.7. The summed E-state index contributed by atoms with van der Waals surface area (Å²) >= 11 is 3.33. The molecule has 1 heterocycles. The van der Waals surface area contributed by atoms with Gasteiger partial charge in [-0.05, 0) is 18.2 Å². The average molecular weight is 276 g/mol. The number of rotatable bonds is 0. The molecule has 0 aromatic heterocycles. The lowest BCUT2D eigenvalue weighted by Crippen LogP contribution is -2.31. The highest BCUT2D eigenvalue weighted by Gasteiger charge is 2.26. The number of halogens is 1. The molecule has 0 bridgehead atoms. The Balaban J connectivity index is 2.69. The zero-order valence-electron chi connectivity index (χ0n) is 7.70. The standard InChI is InChI=1S/C9H10BrNO2S/c1-11-4-5-14(12,13)9-3-2-7(10)6-8(9)11/h2-3,6H,4-5H2,1H3. The molecule has 0 atom stereocenters. The molecule has 0 N–H and O–H groups in total. The van der Waals surface area contributed by atoms with Gasteiger partial charge >= 0.3 is 0 Å². The maximum Gasteiger partial charge on any atom is 0.182 e. The summed E-state index contributed by atoms with van der Waals surface area (Å²) in [5, 5.41) is 0. The zero-order chi connectivity index (χ0) is 10.3. The number of sulfone groups is 1. The van der Waals surface area contributed by atoms with Crippen LogP contribution in [0.4, 0.5) is 5.69 Å². The fourth-order valence-corrected chi connectivity index (χ4v) is 3.43. The lowest BCUT2D eigenvalue weighted by Gasteiger charge is -2.27. The van der Waals surface area contributed by atoms with E-state index in [1.54, 1.807) is 12.1 Å². The van der Waals surface area contributed by atoms with E-state index in [0.717, 1.165) is 10.2 Å². The van der Waals surface area contributed by atoms with Gasteiger partial charge in [0.25, 0.3) is 0 Å². The van der Waals surface area contributed by atoms with Gasteiger partial charge in [0.05, 0.1) is 16.3 Å². The largest absolute Gasteiger partial charge is 0.372 e. The lowest BCUT2D eigenvalue weighted by molar-refractivity contribution is 0.591. The maximum atomic E-state index is 11.7. The van der Waals surface area contributed by atoms with Gasteiger partial charge < -0.3 is 4.90 Å². The molecule has 3 nitrogen and oxygen atoms in total. The van der Waals surface area contributed by atoms with Crippen LogP contribution in [-0.4, -0.2) is 27.8 Å². The Bertz CT molecular complexity index is 470. The van der Waals surface area contributed by atoms with Crippen LogP contribution in [-0.2, 0) is 9.84 Å². The van der Waals surface area contributed by atoms with Crippen molar-refractivity contribution in [3.05, 3.63) is 22.7 Å². The molecule has 0 saturated heterocycles. The molecule has 0 aliphatic carbocycles. The van der Waals surface area contributed by atoms with Gasteiger partial charge in [0, 0.05) is 18.1 Å². The molecule has 0 unspecified atom stereocenters. The highest BCUT2D eigenvalue weighted by molar-refractivity contribution is 9.10. The zero-order valence-corrected chi connectivity index (χ0v) is 10.1. The van der Waals surface area contributed by atoms with Gasteiger partial charge in [-0.25, -0.2) is 8.42 Å². The quantitative estimate of drug-likeness (QED) is 0.723. The van der Waals surface area contributed by atoms with E-state index in [-0.39, 0.29) is 5.75 Å². The van der Waals surface area contributed by atoms with Crippen molar-refractivity contribution in [2.24, 2.45) is 0 Å². The van der Waals surface area contributed by atoms with Crippen LogP contribution in [0.1, 0.15) is 0 Å². The molecule has 0 saturated carbocycles. The molecular weight excluding hydrogens is 266 g/mol. The van der Waals surface area contributed by atoms with Gasteiger partial charge in [0.2, 0.25) is 0 Å². The van der Waals surface area contributed by atoms with E-state index >= 15 is 0 Å². The van der Waals surface area contributed by atoms with Crippen molar-refractivity contribution in [3.8, 4) is 0 Å². The second-order valence-corrected chi connectivity index (χ2v) is 6.35. The van der Waals surface area contributed by atoms with E-state index in [4.69, 9.17) is 0 Å². The van der Waals surface area contributed by atoms with Gasteiger partial charge in [-0.3, -0.25) is 0 Å². The second kappa shape index (κ2) is 3.24. The fourth-order valence-electron chi connectivity index (χ4n) is 1.54. The number of hydrogen-bond acceptors (Lipinski definition) is 3. The summed E-state index contributed by atoms with van der Waals surface area (Å²) in [4.78, 5) is 2.40. The number of benzene rings is 1. The molecule has 0 radical (unpaired) electrons. The van der Waals surface area contributed by atoms with E-state index in [0.29, 0.717) is 11.4 Å². The van der Waals surface area contributed by atoms with Crippen molar-refractivity contribution < 1.29 is 8.42 Å². The monoisotopic (exact) mass is 275 g/mol. The summed E-state index contributed by atoms with van der Waals surface area (Å²) in [6, 6.07) is 5.26. The normalized spacial score (nSPS) is 19.1. The minimum Gasteiger partial charge on any atom is -0.372 e. The Labute approximate surface area is 91.8 Å². The van der Waals surface area contributed by atoms with Crippen molar-refractivity contribution in [2.45, 2.75) is 4.90 Å². The molecule has 0 spiro atoms. The summed E-state index contributed by atoms with van der Waals surface area (Å²) in [6.45, 7) is 0.561. The first-order valence-electron chi connectivity index (χ1n) is 4.24. The van der Waals surface area contributed by atoms with E-state index in [1.807, 2.05) is 18.0 Å². The van der Waals surface area contributed by atoms with Crippen LogP contribution in [0.2, 0.25) is 0 Å². The van der Waals surface area contributed by atoms with E-state index in [9.17, 15) is 8.42 Å². The summed E-state index contributed by atoms with van der Waals surface area (Å²) in [5.74, 6) is 0.206. The summed E-state index contributed by atoms with van der Waals surface area (Å²) < 4.78 is 24.3. The van der Waals surface area contributed by atoms with Crippen molar-refractivity contribution in [3.63, 3.8) is 0 Å². The second-order valence-electron chi connectivity index (χ2n) is 3.35. The average Bonchev–Trinajstić information content (AvgIpc) is 2.12. The van der Waals surface area contributed by atoms with Crippen LogP contribution in [0.3, 0.4) is 0 Å². The van der Waals surface area contributed by atoms with Crippen molar-refractivity contribution in [2.75, 3.05) is 24.2 Å². The Morgan fingerprint density at radius 3 is 2.86 bits per heavy atom. The summed E-state index contributed by atoms with van der Waals surface area (Å²) in [7, 11) is -1.15. The van der Waals surface area contributed by atoms with Crippen molar-refractivity contribution in [1.82, 2.24) is 0 Å². The van der Waals surface area contributed by atoms with Crippen LogP contribution in [0, 0.1) is 0 Å². The van der Waals surface area contributed by atoms with Crippen LogP contribution in [0.5, 0.6) is 0 Å². The third kappa shape index (κ3) is 1.54. The summed E-state index contributed by atoms with van der Waals surface area (Å²) in [5.41, 5.74) is 0.783. The molecule has 5 heteroatoms.